The lowest BCUT2D eigenvalue weighted by Gasteiger charge is -2.36. The third-order valence-corrected chi connectivity index (χ3v) is 3.93. The molecule has 0 spiro atoms. The molecule has 2 unspecified atom stereocenters. The van der Waals surface area contributed by atoms with Crippen molar-refractivity contribution in [2.75, 3.05) is 6.54 Å². The molecule has 1 aliphatic rings. The number of carbonyl (C=O) groups is 2. The number of aromatic nitrogens is 2. The minimum atomic E-state index is -0.834. The first kappa shape index (κ1) is 14.6. The normalized spacial score (nSPS) is 23.1. The SMILES string of the molecule is CC(C)c1cc(C(=O)N2CC(C(=O)O)CCC2C)n[nH]1. The summed E-state index contributed by atoms with van der Waals surface area (Å²) in [4.78, 5) is 25.2. The molecule has 1 fully saturated rings. The number of hydrogen-bond donors (Lipinski definition) is 2. The summed E-state index contributed by atoms with van der Waals surface area (Å²) < 4.78 is 0. The van der Waals surface area contributed by atoms with Gasteiger partial charge in [-0.2, -0.15) is 5.10 Å². The number of nitrogens with zero attached hydrogens (tertiary/aromatic N) is 2. The molecule has 0 aromatic carbocycles. The topological polar surface area (TPSA) is 86.3 Å². The van der Waals surface area contributed by atoms with Gasteiger partial charge in [-0.25, -0.2) is 0 Å². The number of H-pyrrole nitrogens is 1. The molecule has 1 aliphatic heterocycles. The molecule has 1 amide bonds. The Balaban J connectivity index is 2.15. The molecule has 0 bridgehead atoms. The fraction of sp³-hybridized carbons (Fsp3) is 0.643. The Morgan fingerprint density at radius 1 is 1.45 bits per heavy atom. The van der Waals surface area contributed by atoms with Crippen molar-refractivity contribution in [2.24, 2.45) is 5.92 Å². The number of hydrogen-bond acceptors (Lipinski definition) is 3. The lowest BCUT2D eigenvalue weighted by molar-refractivity contribution is -0.143. The summed E-state index contributed by atoms with van der Waals surface area (Å²) in [5.41, 5.74) is 1.28. The highest BCUT2D eigenvalue weighted by Crippen LogP contribution is 2.24. The second-order valence-electron chi connectivity index (χ2n) is 5.78. The summed E-state index contributed by atoms with van der Waals surface area (Å²) in [6.07, 6.45) is 1.34. The van der Waals surface area contributed by atoms with E-state index in [0.29, 0.717) is 18.5 Å². The first-order valence-electron chi connectivity index (χ1n) is 6.99. The van der Waals surface area contributed by atoms with Crippen LogP contribution in [0.4, 0.5) is 0 Å². The van der Waals surface area contributed by atoms with Gasteiger partial charge in [-0.05, 0) is 31.7 Å². The molecule has 20 heavy (non-hydrogen) atoms. The quantitative estimate of drug-likeness (QED) is 0.884. The molecular formula is C14H21N3O3. The van der Waals surface area contributed by atoms with Crippen molar-refractivity contribution in [3.05, 3.63) is 17.5 Å². The molecule has 1 aromatic heterocycles. The molecule has 1 aromatic rings. The number of aliphatic carboxylic acids is 1. The van der Waals surface area contributed by atoms with E-state index >= 15 is 0 Å². The zero-order chi connectivity index (χ0) is 14.9. The van der Waals surface area contributed by atoms with E-state index in [1.807, 2.05) is 20.8 Å². The number of likely N-dealkylation sites (tertiary alicyclic amines) is 1. The third kappa shape index (κ3) is 2.84. The summed E-state index contributed by atoms with van der Waals surface area (Å²) in [5, 5.41) is 16.0. The predicted octanol–water partition coefficient (Wildman–Crippen LogP) is 1.86. The predicted molar refractivity (Wildman–Crippen MR) is 73.5 cm³/mol. The largest absolute Gasteiger partial charge is 0.481 e. The van der Waals surface area contributed by atoms with Crippen LogP contribution in [-0.4, -0.2) is 44.7 Å². The van der Waals surface area contributed by atoms with Crippen LogP contribution in [0.25, 0.3) is 0 Å². The van der Waals surface area contributed by atoms with Crippen LogP contribution in [0, 0.1) is 5.92 Å². The van der Waals surface area contributed by atoms with Crippen LogP contribution in [-0.2, 0) is 4.79 Å². The summed E-state index contributed by atoms with van der Waals surface area (Å²) >= 11 is 0. The second-order valence-corrected chi connectivity index (χ2v) is 5.78. The third-order valence-electron chi connectivity index (χ3n) is 3.93. The van der Waals surface area contributed by atoms with Crippen LogP contribution in [0.15, 0.2) is 6.07 Å². The van der Waals surface area contributed by atoms with Gasteiger partial charge >= 0.3 is 5.97 Å². The van der Waals surface area contributed by atoms with Gasteiger partial charge in [0.25, 0.3) is 5.91 Å². The zero-order valence-corrected chi connectivity index (χ0v) is 12.1. The van der Waals surface area contributed by atoms with E-state index in [2.05, 4.69) is 10.2 Å². The standard InChI is InChI=1S/C14H21N3O3/c1-8(2)11-6-12(16-15-11)13(18)17-7-10(14(19)20)5-4-9(17)3/h6,8-10H,4-5,7H2,1-3H3,(H,15,16)(H,19,20). The van der Waals surface area contributed by atoms with Crippen LogP contribution >= 0.6 is 0 Å². The maximum Gasteiger partial charge on any atom is 0.308 e. The molecule has 6 nitrogen and oxygen atoms in total. The second kappa shape index (κ2) is 5.64. The molecule has 2 rings (SSSR count). The molecule has 0 saturated carbocycles. The molecule has 2 N–H and O–H groups in total. The van der Waals surface area contributed by atoms with Crippen LogP contribution in [0.2, 0.25) is 0 Å². The molecule has 2 atom stereocenters. The Morgan fingerprint density at radius 2 is 2.15 bits per heavy atom. The van der Waals surface area contributed by atoms with E-state index in [-0.39, 0.29) is 24.4 Å². The minimum absolute atomic E-state index is 0.0531. The Labute approximate surface area is 118 Å². The number of carboxylic acids is 1. The van der Waals surface area contributed by atoms with Crippen molar-refractivity contribution in [1.29, 1.82) is 0 Å². The zero-order valence-electron chi connectivity index (χ0n) is 12.1. The molecule has 0 radical (unpaired) electrons. The van der Waals surface area contributed by atoms with E-state index < -0.39 is 11.9 Å². The van der Waals surface area contributed by atoms with E-state index in [0.717, 1.165) is 5.69 Å². The van der Waals surface area contributed by atoms with Gasteiger partial charge in [0.2, 0.25) is 0 Å². The summed E-state index contributed by atoms with van der Waals surface area (Å²) in [6, 6.07) is 1.81. The van der Waals surface area contributed by atoms with Crippen LogP contribution in [0.5, 0.6) is 0 Å². The van der Waals surface area contributed by atoms with Gasteiger partial charge in [-0.1, -0.05) is 13.8 Å². The lowest BCUT2D eigenvalue weighted by Crippen LogP contribution is -2.47. The molecule has 6 heteroatoms. The fourth-order valence-electron chi connectivity index (χ4n) is 2.48. The van der Waals surface area contributed by atoms with Crippen molar-refractivity contribution in [2.45, 2.75) is 45.6 Å². The molecular weight excluding hydrogens is 258 g/mol. The maximum absolute atomic E-state index is 12.5. The van der Waals surface area contributed by atoms with Crippen LogP contribution in [0.3, 0.4) is 0 Å². The highest BCUT2D eigenvalue weighted by atomic mass is 16.4. The van der Waals surface area contributed by atoms with E-state index in [1.54, 1.807) is 11.0 Å². The molecule has 1 saturated heterocycles. The van der Waals surface area contributed by atoms with Crippen molar-refractivity contribution in [1.82, 2.24) is 15.1 Å². The average Bonchev–Trinajstić information content (AvgIpc) is 2.88. The van der Waals surface area contributed by atoms with Gasteiger partial charge in [-0.15, -0.1) is 0 Å². The number of carbonyl (C=O) groups excluding carboxylic acids is 1. The Kier molecular flexibility index (Phi) is 4.11. The van der Waals surface area contributed by atoms with E-state index in [9.17, 15) is 9.59 Å². The molecule has 110 valence electrons. The van der Waals surface area contributed by atoms with Gasteiger partial charge in [0.1, 0.15) is 5.69 Å². The van der Waals surface area contributed by atoms with E-state index in [4.69, 9.17) is 5.11 Å². The number of piperidine rings is 1. The Hall–Kier alpha value is -1.85. The maximum atomic E-state index is 12.5. The highest BCUT2D eigenvalue weighted by Gasteiger charge is 2.33. The number of carboxylic acid groups (broad SMARTS) is 1. The van der Waals surface area contributed by atoms with Gasteiger partial charge < -0.3 is 10.0 Å². The first-order valence-corrected chi connectivity index (χ1v) is 6.99. The molecule has 0 aliphatic carbocycles. The summed E-state index contributed by atoms with van der Waals surface area (Å²) in [5.74, 6) is -1.22. The van der Waals surface area contributed by atoms with Crippen molar-refractivity contribution >= 4 is 11.9 Å². The summed E-state index contributed by atoms with van der Waals surface area (Å²) in [6.45, 7) is 6.25. The van der Waals surface area contributed by atoms with Crippen molar-refractivity contribution < 1.29 is 14.7 Å². The number of nitrogens with one attached hydrogen (secondary N) is 1. The summed E-state index contributed by atoms with van der Waals surface area (Å²) in [7, 11) is 0. The monoisotopic (exact) mass is 279 g/mol. The van der Waals surface area contributed by atoms with Crippen LogP contribution < -0.4 is 0 Å². The first-order chi connectivity index (χ1) is 9.40. The molecule has 2 heterocycles. The fourth-order valence-corrected chi connectivity index (χ4v) is 2.48. The van der Waals surface area contributed by atoms with Crippen molar-refractivity contribution in [3.8, 4) is 0 Å². The van der Waals surface area contributed by atoms with Gasteiger partial charge in [0, 0.05) is 18.3 Å². The number of amides is 1. The van der Waals surface area contributed by atoms with Gasteiger partial charge in [0.15, 0.2) is 0 Å². The Morgan fingerprint density at radius 3 is 2.70 bits per heavy atom. The Bertz CT molecular complexity index is 510. The number of rotatable bonds is 3. The van der Waals surface area contributed by atoms with E-state index in [1.165, 1.54) is 0 Å². The average molecular weight is 279 g/mol. The minimum Gasteiger partial charge on any atom is -0.481 e. The van der Waals surface area contributed by atoms with Crippen molar-refractivity contribution in [3.63, 3.8) is 0 Å². The lowest BCUT2D eigenvalue weighted by atomic mass is 9.93. The van der Waals surface area contributed by atoms with Crippen LogP contribution in [0.1, 0.15) is 55.7 Å². The van der Waals surface area contributed by atoms with Gasteiger partial charge in [0.05, 0.1) is 5.92 Å². The smallest absolute Gasteiger partial charge is 0.308 e. The van der Waals surface area contributed by atoms with Gasteiger partial charge in [-0.3, -0.25) is 14.7 Å². The number of aromatic amines is 1. The highest BCUT2D eigenvalue weighted by molar-refractivity contribution is 5.93.